The Kier molecular flexibility index (Phi) is 2.42. The molecule has 0 amide bonds. The van der Waals surface area contributed by atoms with Crippen molar-refractivity contribution in [1.82, 2.24) is 4.90 Å². The smallest absolute Gasteiger partial charge is 0.303 e. The van der Waals surface area contributed by atoms with Crippen molar-refractivity contribution in [3.8, 4) is 0 Å². The maximum atomic E-state index is 12.0. The number of hydrogen-bond donors (Lipinski definition) is 0. The van der Waals surface area contributed by atoms with Crippen LogP contribution in [0.4, 0.5) is 13.2 Å². The Bertz CT molecular complexity index is 132. The van der Waals surface area contributed by atoms with Crippen LogP contribution in [0.2, 0.25) is 0 Å². The zero-order chi connectivity index (χ0) is 8.48. The molecule has 11 heavy (non-hydrogen) atoms. The molecule has 0 bridgehead atoms. The van der Waals surface area contributed by atoms with E-state index in [1.54, 1.807) is 0 Å². The third kappa shape index (κ3) is 2.09. The topological polar surface area (TPSA) is 3.24 Å². The minimum atomic E-state index is -3.98. The van der Waals surface area contributed by atoms with E-state index >= 15 is 0 Å². The molecule has 0 aromatic rings. The quantitative estimate of drug-likeness (QED) is 0.576. The van der Waals surface area contributed by atoms with Crippen LogP contribution >= 0.6 is 0 Å². The second-order valence-electron chi connectivity index (χ2n) is 2.92. The Labute approximate surface area is 64.2 Å². The Morgan fingerprint density at radius 2 is 2.09 bits per heavy atom. The van der Waals surface area contributed by atoms with E-state index in [2.05, 4.69) is 0 Å². The molecule has 1 fully saturated rings. The van der Waals surface area contributed by atoms with E-state index in [1.165, 1.54) is 0 Å². The average molecular weight is 167 g/mol. The summed E-state index contributed by atoms with van der Waals surface area (Å²) in [5.74, 6) is -1.08. The number of alkyl halides is 3. The van der Waals surface area contributed by atoms with Gasteiger partial charge in [-0.1, -0.05) is 6.92 Å². The highest BCUT2D eigenvalue weighted by atomic mass is 19.4. The number of rotatable bonds is 1. The zero-order valence-electron chi connectivity index (χ0n) is 6.49. The molecule has 66 valence electrons. The summed E-state index contributed by atoms with van der Waals surface area (Å²) in [6.45, 7) is 3.41. The monoisotopic (exact) mass is 167 g/mol. The van der Waals surface area contributed by atoms with Gasteiger partial charge in [0.05, 0.1) is 5.92 Å². The number of halogens is 3. The fourth-order valence-electron chi connectivity index (χ4n) is 1.39. The van der Waals surface area contributed by atoms with Crippen molar-refractivity contribution in [2.24, 2.45) is 5.92 Å². The van der Waals surface area contributed by atoms with Crippen molar-refractivity contribution in [3.63, 3.8) is 0 Å². The summed E-state index contributed by atoms with van der Waals surface area (Å²) in [5.41, 5.74) is 0. The standard InChI is InChI=1S/C7H12F3N/c1-2-11-4-3-6(5-11)7(8,9)10/h6H,2-5H2,1H3/t6-/m0/s1. The molecule has 1 saturated heterocycles. The van der Waals surface area contributed by atoms with Gasteiger partial charge in [0.15, 0.2) is 0 Å². The van der Waals surface area contributed by atoms with Crippen molar-refractivity contribution in [2.75, 3.05) is 19.6 Å². The van der Waals surface area contributed by atoms with Crippen LogP contribution in [-0.4, -0.2) is 30.7 Å². The molecule has 0 aromatic heterocycles. The van der Waals surface area contributed by atoms with Gasteiger partial charge in [-0.05, 0) is 19.5 Å². The second kappa shape index (κ2) is 3.01. The Hall–Kier alpha value is -0.250. The lowest BCUT2D eigenvalue weighted by atomic mass is 10.1. The zero-order valence-corrected chi connectivity index (χ0v) is 6.49. The van der Waals surface area contributed by atoms with Crippen LogP contribution in [0.15, 0.2) is 0 Å². The van der Waals surface area contributed by atoms with Gasteiger partial charge in [-0.2, -0.15) is 13.2 Å². The lowest BCUT2D eigenvalue weighted by Crippen LogP contribution is -2.27. The molecule has 0 radical (unpaired) electrons. The summed E-state index contributed by atoms with van der Waals surface area (Å²) in [6, 6.07) is 0. The van der Waals surface area contributed by atoms with E-state index in [1.807, 2.05) is 11.8 Å². The van der Waals surface area contributed by atoms with Crippen LogP contribution < -0.4 is 0 Å². The van der Waals surface area contributed by atoms with E-state index in [4.69, 9.17) is 0 Å². The highest BCUT2D eigenvalue weighted by Crippen LogP contribution is 2.32. The van der Waals surface area contributed by atoms with Crippen LogP contribution in [-0.2, 0) is 0 Å². The lowest BCUT2D eigenvalue weighted by molar-refractivity contribution is -0.170. The molecule has 1 nitrogen and oxygen atoms in total. The number of likely N-dealkylation sites (tertiary alicyclic amines) is 1. The van der Waals surface area contributed by atoms with Crippen molar-refractivity contribution in [1.29, 1.82) is 0 Å². The SMILES string of the molecule is CCN1CC[C@H](C(F)(F)F)C1. The first-order chi connectivity index (χ1) is 5.04. The summed E-state index contributed by atoms with van der Waals surface area (Å²) in [4.78, 5) is 1.83. The first-order valence-corrected chi connectivity index (χ1v) is 3.83. The summed E-state index contributed by atoms with van der Waals surface area (Å²) in [6.07, 6.45) is -3.71. The molecule has 1 aliphatic rings. The maximum absolute atomic E-state index is 12.0. The van der Waals surface area contributed by atoms with Crippen LogP contribution in [0.3, 0.4) is 0 Å². The first-order valence-electron chi connectivity index (χ1n) is 3.83. The molecule has 0 aromatic carbocycles. The number of nitrogens with zero attached hydrogens (tertiary/aromatic N) is 1. The molecular weight excluding hydrogens is 155 g/mol. The second-order valence-corrected chi connectivity index (χ2v) is 2.92. The minimum absolute atomic E-state index is 0.194. The third-order valence-corrected chi connectivity index (χ3v) is 2.18. The summed E-state index contributed by atoms with van der Waals surface area (Å²) >= 11 is 0. The minimum Gasteiger partial charge on any atom is -0.303 e. The van der Waals surface area contributed by atoms with Gasteiger partial charge in [0.2, 0.25) is 0 Å². The van der Waals surface area contributed by atoms with Gasteiger partial charge in [-0.15, -0.1) is 0 Å². The van der Waals surface area contributed by atoms with E-state index in [0.29, 0.717) is 6.54 Å². The fraction of sp³-hybridized carbons (Fsp3) is 1.00. The molecule has 0 spiro atoms. The highest BCUT2D eigenvalue weighted by molar-refractivity contribution is 4.79. The first kappa shape index (κ1) is 8.84. The summed E-state index contributed by atoms with van der Waals surface area (Å²) in [7, 11) is 0. The fourth-order valence-corrected chi connectivity index (χ4v) is 1.39. The molecule has 0 aliphatic carbocycles. The summed E-state index contributed by atoms with van der Waals surface area (Å²) in [5, 5.41) is 0. The summed E-state index contributed by atoms with van der Waals surface area (Å²) < 4.78 is 36.1. The average Bonchev–Trinajstić information content (AvgIpc) is 2.32. The normalized spacial score (nSPS) is 27.8. The van der Waals surface area contributed by atoms with Gasteiger partial charge >= 0.3 is 6.18 Å². The molecule has 0 unspecified atom stereocenters. The lowest BCUT2D eigenvalue weighted by Gasteiger charge is -2.15. The predicted octanol–water partition coefficient (Wildman–Crippen LogP) is 1.89. The van der Waals surface area contributed by atoms with E-state index < -0.39 is 12.1 Å². The molecule has 0 N–H and O–H groups in total. The van der Waals surface area contributed by atoms with Crippen LogP contribution in [0.25, 0.3) is 0 Å². The highest BCUT2D eigenvalue weighted by Gasteiger charge is 2.42. The van der Waals surface area contributed by atoms with Crippen molar-refractivity contribution in [3.05, 3.63) is 0 Å². The van der Waals surface area contributed by atoms with Gasteiger partial charge in [0, 0.05) is 6.54 Å². The molecule has 1 aliphatic heterocycles. The van der Waals surface area contributed by atoms with Crippen LogP contribution in [0.5, 0.6) is 0 Å². The molecule has 1 heterocycles. The Morgan fingerprint density at radius 1 is 1.45 bits per heavy atom. The number of hydrogen-bond acceptors (Lipinski definition) is 1. The van der Waals surface area contributed by atoms with Gasteiger partial charge in [0.25, 0.3) is 0 Å². The van der Waals surface area contributed by atoms with Crippen molar-refractivity contribution >= 4 is 0 Å². The molecule has 0 saturated carbocycles. The van der Waals surface area contributed by atoms with Crippen LogP contribution in [0, 0.1) is 5.92 Å². The maximum Gasteiger partial charge on any atom is 0.393 e. The van der Waals surface area contributed by atoms with E-state index in [0.717, 1.165) is 6.54 Å². The third-order valence-electron chi connectivity index (χ3n) is 2.18. The van der Waals surface area contributed by atoms with Gasteiger partial charge in [-0.3, -0.25) is 0 Å². The van der Waals surface area contributed by atoms with Crippen LogP contribution in [0.1, 0.15) is 13.3 Å². The van der Waals surface area contributed by atoms with Gasteiger partial charge in [0.1, 0.15) is 0 Å². The predicted molar refractivity (Wildman–Crippen MR) is 36.3 cm³/mol. The van der Waals surface area contributed by atoms with E-state index in [-0.39, 0.29) is 13.0 Å². The van der Waals surface area contributed by atoms with Gasteiger partial charge < -0.3 is 4.90 Å². The van der Waals surface area contributed by atoms with Crippen molar-refractivity contribution in [2.45, 2.75) is 19.5 Å². The molecule has 1 rings (SSSR count). The molecule has 1 atom stereocenters. The largest absolute Gasteiger partial charge is 0.393 e. The Balaban J connectivity index is 2.42. The molecule has 4 heteroatoms. The molecular formula is C7H12F3N. The Morgan fingerprint density at radius 3 is 2.36 bits per heavy atom. The van der Waals surface area contributed by atoms with Gasteiger partial charge in [-0.25, -0.2) is 0 Å². The van der Waals surface area contributed by atoms with E-state index in [9.17, 15) is 13.2 Å². The van der Waals surface area contributed by atoms with Crippen molar-refractivity contribution < 1.29 is 13.2 Å².